The van der Waals surface area contributed by atoms with Crippen LogP contribution >= 0.6 is 0 Å². The molecule has 0 bridgehead atoms. The van der Waals surface area contributed by atoms with Gasteiger partial charge in [-0.3, -0.25) is 24.0 Å². The van der Waals surface area contributed by atoms with Crippen LogP contribution in [0.5, 0.6) is 0 Å². The first-order valence-corrected chi connectivity index (χ1v) is 17.1. The minimum atomic E-state index is -2.94. The van der Waals surface area contributed by atoms with Crippen LogP contribution in [0, 0.1) is 23.6 Å². The van der Waals surface area contributed by atoms with Crippen LogP contribution in [-0.4, -0.2) is 99.9 Å². The number of aromatic nitrogens is 2. The Bertz CT molecular complexity index is 1490. The standard InChI is InChI=1S/C34H46F3N7O4/c1-4-27(45)40-29(33(48)43-15-13-42(3)14-16-43)19(2)22-9-10-24(23(35)17-22)39-32(47)30(28(20-5-6-20)21-7-8-21)41-31(46)25-11-12-38-44(25)26-18-34(26,36)37/h9-12,17,19-21,26,28-30,33,48H,4-8,13-16,18H2,1-3H3,(H,39,47)(H,40,45)(H,41,46)/t19-,26+,29+,30-,33?/m0/s1. The van der Waals surface area contributed by atoms with Crippen LogP contribution in [0.15, 0.2) is 30.5 Å². The zero-order chi connectivity index (χ0) is 34.3. The predicted molar refractivity (Wildman–Crippen MR) is 172 cm³/mol. The summed E-state index contributed by atoms with van der Waals surface area (Å²) in [5.41, 5.74) is 0.411. The number of nitrogens with zero attached hydrogens (tertiary/aromatic N) is 4. The van der Waals surface area contributed by atoms with Gasteiger partial charge in [0, 0.05) is 51.1 Å². The molecule has 1 aliphatic heterocycles. The number of anilines is 1. The Morgan fingerprint density at radius 3 is 2.25 bits per heavy atom. The molecule has 4 fully saturated rings. The Morgan fingerprint density at radius 1 is 1.04 bits per heavy atom. The first-order chi connectivity index (χ1) is 22.9. The smallest absolute Gasteiger partial charge is 0.272 e. The number of aliphatic hydroxyl groups excluding tert-OH is 1. The third kappa shape index (κ3) is 7.55. The third-order valence-corrected chi connectivity index (χ3v) is 10.5. The average molecular weight is 674 g/mol. The number of carbonyl (C=O) groups is 3. The van der Waals surface area contributed by atoms with Gasteiger partial charge in [0.25, 0.3) is 11.8 Å². The van der Waals surface area contributed by atoms with Gasteiger partial charge in [-0.2, -0.15) is 5.10 Å². The van der Waals surface area contributed by atoms with E-state index in [1.807, 2.05) is 18.9 Å². The van der Waals surface area contributed by atoms with Crippen LogP contribution in [0.2, 0.25) is 0 Å². The van der Waals surface area contributed by atoms with Crippen molar-refractivity contribution in [2.75, 3.05) is 38.5 Å². The normalized spacial score (nSPS) is 23.6. The number of benzene rings is 1. The van der Waals surface area contributed by atoms with Crippen molar-refractivity contribution in [3.8, 4) is 0 Å². The Hall–Kier alpha value is -3.49. The predicted octanol–water partition coefficient (Wildman–Crippen LogP) is 3.34. The first kappa shape index (κ1) is 34.4. The van der Waals surface area contributed by atoms with Crippen LogP contribution in [-0.2, 0) is 9.59 Å². The molecule has 1 saturated heterocycles. The molecule has 4 aliphatic rings. The second-order valence-electron chi connectivity index (χ2n) is 14.1. The molecule has 0 radical (unpaired) electrons. The van der Waals surface area contributed by atoms with Gasteiger partial charge in [0.15, 0.2) is 0 Å². The third-order valence-electron chi connectivity index (χ3n) is 10.5. The molecule has 4 N–H and O–H groups in total. The van der Waals surface area contributed by atoms with Crippen LogP contribution in [0.1, 0.15) is 80.4 Å². The van der Waals surface area contributed by atoms with Gasteiger partial charge in [0.2, 0.25) is 11.8 Å². The molecule has 1 aromatic heterocycles. The lowest BCUT2D eigenvalue weighted by Crippen LogP contribution is -2.58. The van der Waals surface area contributed by atoms with Gasteiger partial charge in [-0.1, -0.05) is 19.9 Å². The monoisotopic (exact) mass is 673 g/mol. The number of carbonyl (C=O) groups excluding carboxylic acids is 3. The fourth-order valence-electron chi connectivity index (χ4n) is 7.04. The highest BCUT2D eigenvalue weighted by molar-refractivity contribution is 6.01. The molecule has 3 aliphatic carbocycles. The summed E-state index contributed by atoms with van der Waals surface area (Å²) < 4.78 is 44.4. The SMILES string of the molecule is CCC(=O)N[C@@H](C(O)N1CCN(C)CC1)[C@@H](C)c1ccc(NC(=O)[C@@H](NC(=O)c2ccnn2[C@@H]2CC2(F)F)C(C2CC2)C2CC2)c(F)c1. The number of halogens is 3. The molecule has 0 spiro atoms. The summed E-state index contributed by atoms with van der Waals surface area (Å²) in [5.74, 6) is -5.27. The van der Waals surface area contributed by atoms with Crippen molar-refractivity contribution in [2.24, 2.45) is 17.8 Å². The lowest BCUT2D eigenvalue weighted by Gasteiger charge is -2.40. The van der Waals surface area contributed by atoms with Crippen molar-refractivity contribution < 1.29 is 32.7 Å². The molecular weight excluding hydrogens is 627 g/mol. The summed E-state index contributed by atoms with van der Waals surface area (Å²) in [6, 6.07) is 2.87. The number of amides is 3. The van der Waals surface area contributed by atoms with Crippen LogP contribution in [0.25, 0.3) is 0 Å². The zero-order valence-corrected chi connectivity index (χ0v) is 27.7. The van der Waals surface area contributed by atoms with E-state index in [0.717, 1.165) is 43.5 Å². The van der Waals surface area contributed by atoms with Gasteiger partial charge >= 0.3 is 0 Å². The molecule has 1 aromatic carbocycles. The van der Waals surface area contributed by atoms with E-state index in [0.29, 0.717) is 18.7 Å². The Kier molecular flexibility index (Phi) is 9.88. The number of hydrogen-bond acceptors (Lipinski definition) is 7. The van der Waals surface area contributed by atoms with E-state index in [-0.39, 0.29) is 41.5 Å². The maximum atomic E-state index is 15.7. The van der Waals surface area contributed by atoms with Crippen LogP contribution in [0.3, 0.4) is 0 Å². The van der Waals surface area contributed by atoms with E-state index in [1.165, 1.54) is 24.4 Å². The molecule has 6 rings (SSSR count). The van der Waals surface area contributed by atoms with Gasteiger partial charge < -0.3 is 26.0 Å². The molecule has 1 unspecified atom stereocenters. The van der Waals surface area contributed by atoms with Gasteiger partial charge in [-0.15, -0.1) is 0 Å². The minimum Gasteiger partial charge on any atom is -0.376 e. The lowest BCUT2D eigenvalue weighted by atomic mass is 9.88. The number of aliphatic hydroxyl groups is 1. The molecule has 262 valence electrons. The van der Waals surface area contributed by atoms with Crippen LogP contribution in [0.4, 0.5) is 18.9 Å². The summed E-state index contributed by atoms with van der Waals surface area (Å²) in [5, 5.41) is 23.7. The number of likely N-dealkylation sites (N-methyl/N-ethyl adjacent to an activating group) is 1. The Balaban J connectivity index is 1.19. The number of piperazine rings is 1. The van der Waals surface area contributed by atoms with Gasteiger partial charge in [0.1, 0.15) is 29.8 Å². The van der Waals surface area contributed by atoms with E-state index in [2.05, 4.69) is 25.9 Å². The van der Waals surface area contributed by atoms with Crippen LogP contribution < -0.4 is 16.0 Å². The Labute approximate surface area is 278 Å². The van der Waals surface area contributed by atoms with Gasteiger partial charge in [0.05, 0.1) is 11.7 Å². The molecule has 11 nitrogen and oxygen atoms in total. The molecular formula is C34H46F3N7O4. The number of nitrogens with one attached hydrogen (secondary N) is 3. The van der Waals surface area contributed by atoms with E-state index >= 15 is 4.39 Å². The van der Waals surface area contributed by atoms with E-state index < -0.39 is 60.2 Å². The zero-order valence-electron chi connectivity index (χ0n) is 27.7. The average Bonchev–Trinajstić information content (AvgIpc) is 4.02. The largest absolute Gasteiger partial charge is 0.376 e. The summed E-state index contributed by atoms with van der Waals surface area (Å²) in [4.78, 5) is 43.8. The fourth-order valence-corrected chi connectivity index (χ4v) is 7.04. The van der Waals surface area contributed by atoms with Crippen molar-refractivity contribution in [3.05, 3.63) is 47.5 Å². The van der Waals surface area contributed by atoms with E-state index in [9.17, 15) is 28.3 Å². The van der Waals surface area contributed by atoms with E-state index in [4.69, 9.17) is 0 Å². The highest BCUT2D eigenvalue weighted by Crippen LogP contribution is 2.53. The summed E-state index contributed by atoms with van der Waals surface area (Å²) in [6.45, 7) is 6.33. The quantitative estimate of drug-likeness (QED) is 0.242. The molecule has 5 atom stereocenters. The second-order valence-corrected chi connectivity index (χ2v) is 14.1. The highest BCUT2D eigenvalue weighted by Gasteiger charge is 2.60. The molecule has 3 amide bonds. The Morgan fingerprint density at radius 2 is 1.69 bits per heavy atom. The van der Waals surface area contributed by atoms with Crippen molar-refractivity contribution in [1.29, 1.82) is 0 Å². The molecule has 2 aromatic rings. The topological polar surface area (TPSA) is 132 Å². The van der Waals surface area contributed by atoms with Crippen molar-refractivity contribution in [2.45, 2.75) is 88.6 Å². The lowest BCUT2D eigenvalue weighted by molar-refractivity contribution is -0.125. The van der Waals surface area contributed by atoms with Gasteiger partial charge in [-0.25, -0.2) is 13.2 Å². The minimum absolute atomic E-state index is 0.0479. The summed E-state index contributed by atoms with van der Waals surface area (Å²) in [7, 11) is 2.01. The van der Waals surface area contributed by atoms with E-state index in [1.54, 1.807) is 13.0 Å². The van der Waals surface area contributed by atoms with Crippen molar-refractivity contribution in [1.82, 2.24) is 30.2 Å². The van der Waals surface area contributed by atoms with Gasteiger partial charge in [-0.05, 0) is 74.2 Å². The summed E-state index contributed by atoms with van der Waals surface area (Å²) in [6.07, 6.45) is 3.81. The molecule has 3 saturated carbocycles. The second kappa shape index (κ2) is 13.8. The fraction of sp³-hybridized carbons (Fsp3) is 0.647. The maximum Gasteiger partial charge on any atom is 0.272 e. The molecule has 2 heterocycles. The van der Waals surface area contributed by atoms with Crippen molar-refractivity contribution >= 4 is 23.4 Å². The maximum absolute atomic E-state index is 15.7. The number of rotatable bonds is 14. The first-order valence-electron chi connectivity index (χ1n) is 17.1. The number of hydrogen-bond donors (Lipinski definition) is 4. The highest BCUT2D eigenvalue weighted by atomic mass is 19.3. The summed E-state index contributed by atoms with van der Waals surface area (Å²) >= 11 is 0. The number of alkyl halides is 2. The molecule has 14 heteroatoms. The molecule has 48 heavy (non-hydrogen) atoms. The van der Waals surface area contributed by atoms with Crippen molar-refractivity contribution in [3.63, 3.8) is 0 Å².